The molecular weight excluding hydrogens is 604 g/mol. The fraction of sp³-hybridized carbons (Fsp3) is 0.514. The van der Waals surface area contributed by atoms with Crippen LogP contribution in [0.3, 0.4) is 0 Å². The second-order valence-corrected chi connectivity index (χ2v) is 15.4. The van der Waals surface area contributed by atoms with Gasteiger partial charge in [0.2, 0.25) is 21.8 Å². The lowest BCUT2D eigenvalue weighted by Gasteiger charge is -2.40. The van der Waals surface area contributed by atoms with Gasteiger partial charge in [-0.15, -0.1) is 0 Å². The molecule has 0 aliphatic carbocycles. The van der Waals surface area contributed by atoms with E-state index in [2.05, 4.69) is 15.4 Å². The van der Waals surface area contributed by atoms with E-state index in [1.165, 1.54) is 11.8 Å². The van der Waals surface area contributed by atoms with E-state index in [0.29, 0.717) is 11.3 Å². The summed E-state index contributed by atoms with van der Waals surface area (Å²) in [4.78, 5) is 42.5. The van der Waals surface area contributed by atoms with Gasteiger partial charge in [-0.2, -0.15) is 0 Å². The van der Waals surface area contributed by atoms with Gasteiger partial charge in [0, 0.05) is 18.0 Å². The standard InChI is InChI=1S/C35H52N4O6S/c1-23(2)28(20-24(3)31(40)38-46(43,44)22-25-16-13-12-14-17-25)39(10)33(42)30(34(4,5)6)37-32(41)29(36-9)35(7,8)26-18-15-19-27(21-26)45-11/h12-21,23,28-30,36H,22H2,1-11H3,(H,37,41)(H,38,40)/b24-20+/t28-,29-,30?/m1/s1. The van der Waals surface area contributed by atoms with Crippen LogP contribution in [0.2, 0.25) is 0 Å². The SMILES string of the molecule is CN[C@H](C(=O)NC(C(=O)N(C)[C@H](/C=C(\C)C(=O)NS(=O)(=O)Cc1ccccc1)C(C)C)C(C)(C)C)C(C)(C)c1cccc(OC)c1. The molecule has 0 fully saturated rings. The van der Waals surface area contributed by atoms with Crippen LogP contribution in [0.4, 0.5) is 0 Å². The van der Waals surface area contributed by atoms with Gasteiger partial charge in [-0.05, 0) is 48.6 Å². The highest BCUT2D eigenvalue weighted by Gasteiger charge is 2.41. The maximum atomic E-state index is 14.1. The average Bonchev–Trinajstić information content (AvgIpc) is 2.97. The summed E-state index contributed by atoms with van der Waals surface area (Å²) >= 11 is 0. The van der Waals surface area contributed by atoms with Crippen LogP contribution >= 0.6 is 0 Å². The molecule has 1 unspecified atom stereocenters. The van der Waals surface area contributed by atoms with Crippen LogP contribution < -0.4 is 20.1 Å². The zero-order valence-electron chi connectivity index (χ0n) is 29.1. The van der Waals surface area contributed by atoms with Crippen LogP contribution in [0.1, 0.15) is 66.5 Å². The lowest BCUT2D eigenvalue weighted by molar-refractivity contribution is -0.140. The molecule has 0 aliphatic rings. The van der Waals surface area contributed by atoms with Crippen LogP contribution in [-0.2, 0) is 35.6 Å². The van der Waals surface area contributed by atoms with Crippen molar-refractivity contribution in [1.29, 1.82) is 0 Å². The first kappa shape index (κ1) is 38.5. The Morgan fingerprint density at radius 3 is 2.09 bits per heavy atom. The number of nitrogens with zero attached hydrogens (tertiary/aromatic N) is 1. The Labute approximate surface area is 275 Å². The number of nitrogens with one attached hydrogen (secondary N) is 3. The Kier molecular flexibility index (Phi) is 13.2. The van der Waals surface area contributed by atoms with Crippen LogP contribution in [0.15, 0.2) is 66.2 Å². The van der Waals surface area contributed by atoms with Crippen LogP contribution in [0.5, 0.6) is 5.75 Å². The summed E-state index contributed by atoms with van der Waals surface area (Å²) in [6.07, 6.45) is 1.60. The predicted octanol–water partition coefficient (Wildman–Crippen LogP) is 4.17. The van der Waals surface area contributed by atoms with Gasteiger partial charge in [0.1, 0.15) is 11.8 Å². The van der Waals surface area contributed by atoms with Crippen LogP contribution in [0, 0.1) is 11.3 Å². The fourth-order valence-electron chi connectivity index (χ4n) is 5.37. The molecule has 0 aromatic heterocycles. The van der Waals surface area contributed by atoms with Crippen molar-refractivity contribution in [3.8, 4) is 5.75 Å². The minimum Gasteiger partial charge on any atom is -0.497 e. The quantitative estimate of drug-likeness (QED) is 0.260. The largest absolute Gasteiger partial charge is 0.497 e. The molecule has 0 heterocycles. The van der Waals surface area contributed by atoms with Gasteiger partial charge in [-0.25, -0.2) is 13.1 Å². The molecule has 0 saturated carbocycles. The van der Waals surface area contributed by atoms with Crippen LogP contribution in [0.25, 0.3) is 0 Å². The summed E-state index contributed by atoms with van der Waals surface area (Å²) in [5, 5.41) is 6.15. The van der Waals surface area contributed by atoms with Crippen LogP contribution in [-0.4, -0.2) is 70.4 Å². The number of benzene rings is 2. The smallest absolute Gasteiger partial charge is 0.260 e. The molecule has 3 atom stereocenters. The van der Waals surface area contributed by atoms with Crippen molar-refractivity contribution in [1.82, 2.24) is 20.3 Å². The van der Waals surface area contributed by atoms with E-state index in [-0.39, 0.29) is 29.1 Å². The lowest BCUT2D eigenvalue weighted by atomic mass is 9.76. The summed E-state index contributed by atoms with van der Waals surface area (Å²) in [7, 11) is 0.977. The zero-order valence-corrected chi connectivity index (χ0v) is 29.9. The number of carbonyl (C=O) groups is 3. The third kappa shape index (κ3) is 10.2. The van der Waals surface area contributed by atoms with Crippen molar-refractivity contribution < 1.29 is 27.5 Å². The molecule has 2 aromatic rings. The summed E-state index contributed by atoms with van der Waals surface area (Å²) in [5.74, 6) is -1.24. The number of amides is 3. The topological polar surface area (TPSA) is 134 Å². The minimum atomic E-state index is -3.95. The Bertz CT molecular complexity index is 1500. The van der Waals surface area contributed by atoms with Gasteiger partial charge in [-0.1, -0.05) is 97.0 Å². The van der Waals surface area contributed by atoms with Gasteiger partial charge in [0.25, 0.3) is 5.91 Å². The monoisotopic (exact) mass is 656 g/mol. The third-order valence-corrected chi connectivity index (χ3v) is 9.40. The normalized spacial score (nSPS) is 14.7. The molecule has 11 heteroatoms. The summed E-state index contributed by atoms with van der Waals surface area (Å²) in [5.41, 5.74) is 0.266. The van der Waals surface area contributed by atoms with E-state index in [4.69, 9.17) is 4.74 Å². The number of carbonyl (C=O) groups excluding carboxylic acids is 3. The van der Waals surface area contributed by atoms with Crippen molar-refractivity contribution in [2.75, 3.05) is 21.2 Å². The van der Waals surface area contributed by atoms with Crippen molar-refractivity contribution in [3.63, 3.8) is 0 Å². The molecule has 0 spiro atoms. The van der Waals surface area contributed by atoms with Gasteiger partial charge in [0.15, 0.2) is 0 Å². The number of hydrogen-bond acceptors (Lipinski definition) is 7. The van der Waals surface area contributed by atoms with Crippen molar-refractivity contribution >= 4 is 27.7 Å². The highest BCUT2D eigenvalue weighted by atomic mass is 32.2. The van der Waals surface area contributed by atoms with Gasteiger partial charge < -0.3 is 20.3 Å². The van der Waals surface area contributed by atoms with Gasteiger partial charge in [-0.3, -0.25) is 14.4 Å². The number of methoxy groups -OCH3 is 1. The highest BCUT2D eigenvalue weighted by Crippen LogP contribution is 2.31. The third-order valence-electron chi connectivity index (χ3n) is 8.19. The molecule has 0 saturated heterocycles. The first-order valence-corrected chi connectivity index (χ1v) is 17.1. The number of ether oxygens (including phenoxy) is 1. The van der Waals surface area contributed by atoms with E-state index in [0.717, 1.165) is 5.56 Å². The maximum Gasteiger partial charge on any atom is 0.260 e. The first-order valence-electron chi connectivity index (χ1n) is 15.4. The molecule has 2 aromatic carbocycles. The van der Waals surface area contributed by atoms with Crippen molar-refractivity contribution in [2.45, 2.75) is 84.7 Å². The van der Waals surface area contributed by atoms with E-state index in [1.54, 1.807) is 57.6 Å². The molecular formula is C35H52N4O6S. The maximum absolute atomic E-state index is 14.1. The van der Waals surface area contributed by atoms with E-state index in [9.17, 15) is 22.8 Å². The van der Waals surface area contributed by atoms with E-state index < -0.39 is 44.9 Å². The first-order chi connectivity index (χ1) is 21.2. The summed E-state index contributed by atoms with van der Waals surface area (Å²) < 4.78 is 32.9. The van der Waals surface area contributed by atoms with Gasteiger partial charge in [0.05, 0.1) is 24.9 Å². The molecule has 3 amide bonds. The molecule has 46 heavy (non-hydrogen) atoms. The molecule has 3 N–H and O–H groups in total. The Morgan fingerprint density at radius 1 is 0.957 bits per heavy atom. The summed E-state index contributed by atoms with van der Waals surface area (Å²) in [6, 6.07) is 14.0. The molecule has 2 rings (SSSR count). The molecule has 0 aliphatic heterocycles. The fourth-order valence-corrected chi connectivity index (χ4v) is 6.52. The average molecular weight is 657 g/mol. The number of rotatable bonds is 14. The number of sulfonamides is 1. The molecule has 0 radical (unpaired) electrons. The second kappa shape index (κ2) is 15.7. The highest BCUT2D eigenvalue weighted by molar-refractivity contribution is 7.89. The Hall–Kier alpha value is -3.70. The van der Waals surface area contributed by atoms with Gasteiger partial charge >= 0.3 is 0 Å². The minimum absolute atomic E-state index is 0.133. The van der Waals surface area contributed by atoms with E-state index in [1.807, 2.05) is 72.7 Å². The molecule has 0 bridgehead atoms. The predicted molar refractivity (Wildman–Crippen MR) is 183 cm³/mol. The Balaban J connectivity index is 2.31. The van der Waals surface area contributed by atoms with Crippen molar-refractivity contribution in [2.24, 2.45) is 11.3 Å². The Morgan fingerprint density at radius 2 is 1.57 bits per heavy atom. The molecule has 254 valence electrons. The zero-order chi connectivity index (χ0) is 35.0. The number of hydrogen-bond donors (Lipinski definition) is 3. The van der Waals surface area contributed by atoms with E-state index >= 15 is 0 Å². The lowest BCUT2D eigenvalue weighted by Crippen LogP contribution is -2.61. The summed E-state index contributed by atoms with van der Waals surface area (Å²) in [6.45, 7) is 14.9. The second-order valence-electron chi connectivity index (χ2n) is 13.7. The number of likely N-dealkylation sites (N-methyl/N-ethyl adjacent to an activating group) is 2. The molecule has 10 nitrogen and oxygen atoms in total. The van der Waals surface area contributed by atoms with Crippen molar-refractivity contribution in [3.05, 3.63) is 77.4 Å².